The summed E-state index contributed by atoms with van der Waals surface area (Å²) in [6.45, 7) is 0.693. The van der Waals surface area contributed by atoms with Crippen molar-refractivity contribution in [2.24, 2.45) is 5.92 Å². The number of halogens is 1. The van der Waals surface area contributed by atoms with Crippen LogP contribution in [0.1, 0.15) is 0 Å². The van der Waals surface area contributed by atoms with Crippen molar-refractivity contribution in [3.8, 4) is 11.8 Å². The van der Waals surface area contributed by atoms with E-state index in [9.17, 15) is 4.79 Å². The van der Waals surface area contributed by atoms with Crippen LogP contribution in [0.2, 0.25) is 5.02 Å². The van der Waals surface area contributed by atoms with Crippen molar-refractivity contribution < 1.29 is 9.53 Å². The molecule has 0 bridgehead atoms. The van der Waals surface area contributed by atoms with E-state index in [1.54, 1.807) is 19.2 Å². The number of ether oxygens (including phenoxy) is 1. The molecule has 1 heterocycles. The highest BCUT2D eigenvalue weighted by Gasteiger charge is 2.30. The predicted molar refractivity (Wildman–Crippen MR) is 64.3 cm³/mol. The summed E-state index contributed by atoms with van der Waals surface area (Å²) in [6.07, 6.45) is 0. The Hall–Kier alpha value is -1.73. The zero-order valence-electron chi connectivity index (χ0n) is 9.31. The van der Waals surface area contributed by atoms with E-state index in [0.717, 1.165) is 5.69 Å². The lowest BCUT2D eigenvalue weighted by Gasteiger charge is -2.17. The van der Waals surface area contributed by atoms with Crippen LogP contribution in [0, 0.1) is 17.2 Å². The van der Waals surface area contributed by atoms with Crippen molar-refractivity contribution in [3.05, 3.63) is 23.2 Å². The predicted octanol–water partition coefficient (Wildman–Crippen LogP) is 1.88. The van der Waals surface area contributed by atoms with Gasteiger partial charge in [0, 0.05) is 12.2 Å². The van der Waals surface area contributed by atoms with E-state index >= 15 is 0 Å². The van der Waals surface area contributed by atoms with E-state index in [2.05, 4.69) is 0 Å². The zero-order valence-corrected chi connectivity index (χ0v) is 10.1. The zero-order chi connectivity index (χ0) is 12.4. The van der Waals surface area contributed by atoms with Crippen LogP contribution >= 0.6 is 11.6 Å². The molecular formula is C12H11ClN2O2. The molecule has 5 heteroatoms. The van der Waals surface area contributed by atoms with E-state index < -0.39 is 5.92 Å². The first kappa shape index (κ1) is 11.7. The first-order valence-corrected chi connectivity index (χ1v) is 5.54. The van der Waals surface area contributed by atoms with E-state index in [0.29, 0.717) is 17.3 Å². The van der Waals surface area contributed by atoms with E-state index in [4.69, 9.17) is 21.6 Å². The number of methoxy groups -OCH3 is 1. The van der Waals surface area contributed by atoms with Gasteiger partial charge >= 0.3 is 0 Å². The molecule has 88 valence electrons. The Labute approximate surface area is 104 Å². The van der Waals surface area contributed by atoms with Gasteiger partial charge in [-0.15, -0.1) is 0 Å². The summed E-state index contributed by atoms with van der Waals surface area (Å²) in [7, 11) is 1.55. The SMILES string of the molecule is COc1ccc(N2CC(=O)[C@@H](C#N)C2)cc1Cl. The molecule has 1 aromatic rings. The molecule has 17 heavy (non-hydrogen) atoms. The number of ketones is 1. The number of carbonyl (C=O) groups is 1. The van der Waals surface area contributed by atoms with Crippen LogP contribution in [0.5, 0.6) is 5.75 Å². The van der Waals surface area contributed by atoms with Crippen molar-refractivity contribution in [3.63, 3.8) is 0 Å². The number of nitriles is 1. The molecule has 0 radical (unpaired) electrons. The minimum absolute atomic E-state index is 0.0422. The molecule has 0 aromatic heterocycles. The first-order chi connectivity index (χ1) is 8.15. The molecule has 0 N–H and O–H groups in total. The van der Waals surface area contributed by atoms with Crippen molar-refractivity contribution in [1.82, 2.24) is 0 Å². The highest BCUT2D eigenvalue weighted by molar-refractivity contribution is 6.32. The summed E-state index contributed by atoms with van der Waals surface area (Å²) >= 11 is 6.01. The summed E-state index contributed by atoms with van der Waals surface area (Å²) in [4.78, 5) is 13.3. The number of nitrogens with zero attached hydrogens (tertiary/aromatic N) is 2. The fourth-order valence-corrected chi connectivity index (χ4v) is 2.10. The number of benzene rings is 1. The third-order valence-corrected chi connectivity index (χ3v) is 3.09. The van der Waals surface area contributed by atoms with Crippen LogP contribution in [0.3, 0.4) is 0 Å². The summed E-state index contributed by atoms with van der Waals surface area (Å²) in [5.74, 6) is 0.0214. The molecule has 1 aliphatic heterocycles. The Morgan fingerprint density at radius 3 is 2.88 bits per heavy atom. The normalized spacial score (nSPS) is 19.2. The average molecular weight is 251 g/mol. The Balaban J connectivity index is 2.23. The molecule has 1 aromatic carbocycles. The van der Waals surface area contributed by atoms with Gasteiger partial charge in [0.1, 0.15) is 11.7 Å². The number of hydrogen-bond donors (Lipinski definition) is 0. The monoisotopic (exact) mass is 250 g/mol. The van der Waals surface area contributed by atoms with Gasteiger partial charge in [0.2, 0.25) is 0 Å². The van der Waals surface area contributed by atoms with E-state index in [1.807, 2.05) is 17.0 Å². The van der Waals surface area contributed by atoms with Crippen LogP contribution < -0.4 is 9.64 Å². The molecule has 0 amide bonds. The fraction of sp³-hybridized carbons (Fsp3) is 0.333. The third kappa shape index (κ3) is 2.20. The highest BCUT2D eigenvalue weighted by atomic mass is 35.5. The van der Waals surface area contributed by atoms with Gasteiger partial charge in [-0.3, -0.25) is 4.79 Å². The lowest BCUT2D eigenvalue weighted by atomic mass is 10.1. The third-order valence-electron chi connectivity index (χ3n) is 2.79. The van der Waals surface area contributed by atoms with Gasteiger partial charge in [-0.1, -0.05) is 11.6 Å². The lowest BCUT2D eigenvalue weighted by molar-refractivity contribution is -0.118. The van der Waals surface area contributed by atoms with Gasteiger partial charge in [-0.2, -0.15) is 5.26 Å². The quantitative estimate of drug-likeness (QED) is 0.804. The van der Waals surface area contributed by atoms with Gasteiger partial charge in [0.05, 0.1) is 24.7 Å². The molecule has 1 atom stereocenters. The summed E-state index contributed by atoms with van der Waals surface area (Å²) < 4.78 is 5.06. The van der Waals surface area contributed by atoms with E-state index in [-0.39, 0.29) is 12.3 Å². The molecule has 1 fully saturated rings. The molecular weight excluding hydrogens is 240 g/mol. The number of carbonyl (C=O) groups excluding carboxylic acids is 1. The summed E-state index contributed by atoms with van der Waals surface area (Å²) in [5.41, 5.74) is 0.835. The molecule has 1 aliphatic rings. The Morgan fingerprint density at radius 1 is 1.59 bits per heavy atom. The van der Waals surface area contributed by atoms with Crippen LogP contribution in [0.4, 0.5) is 5.69 Å². The number of Topliss-reactive ketones (excluding diaryl/α,β-unsaturated/α-hetero) is 1. The van der Waals surface area contributed by atoms with Crippen molar-refractivity contribution in [2.45, 2.75) is 0 Å². The van der Waals surface area contributed by atoms with Gasteiger partial charge in [0.25, 0.3) is 0 Å². The van der Waals surface area contributed by atoms with Crippen molar-refractivity contribution in [1.29, 1.82) is 5.26 Å². The molecule has 2 rings (SSSR count). The van der Waals surface area contributed by atoms with Gasteiger partial charge in [-0.05, 0) is 18.2 Å². The maximum Gasteiger partial charge on any atom is 0.170 e. The number of hydrogen-bond acceptors (Lipinski definition) is 4. The second-order valence-electron chi connectivity index (χ2n) is 3.85. The Bertz CT molecular complexity index is 496. The number of anilines is 1. The molecule has 0 saturated carbocycles. The highest BCUT2D eigenvalue weighted by Crippen LogP contribution is 2.30. The van der Waals surface area contributed by atoms with Crippen LogP contribution in [0.25, 0.3) is 0 Å². The molecule has 0 aliphatic carbocycles. The number of rotatable bonds is 2. The summed E-state index contributed by atoms with van der Waals surface area (Å²) in [5, 5.41) is 9.29. The molecule has 1 saturated heterocycles. The van der Waals surface area contributed by atoms with Gasteiger partial charge in [-0.25, -0.2) is 0 Å². The Kier molecular flexibility index (Phi) is 3.21. The fourth-order valence-electron chi connectivity index (χ4n) is 1.85. The Morgan fingerprint density at radius 2 is 2.35 bits per heavy atom. The summed E-state index contributed by atoms with van der Waals surface area (Å²) in [6, 6.07) is 7.33. The van der Waals surface area contributed by atoms with Crippen LogP contribution in [-0.4, -0.2) is 26.0 Å². The lowest BCUT2D eigenvalue weighted by Crippen LogP contribution is -2.19. The minimum atomic E-state index is -0.532. The average Bonchev–Trinajstić information content (AvgIpc) is 2.70. The van der Waals surface area contributed by atoms with E-state index in [1.165, 1.54) is 0 Å². The van der Waals surface area contributed by atoms with Crippen molar-refractivity contribution in [2.75, 3.05) is 25.1 Å². The largest absolute Gasteiger partial charge is 0.495 e. The van der Waals surface area contributed by atoms with Gasteiger partial charge in [0.15, 0.2) is 5.78 Å². The maximum atomic E-state index is 11.5. The topological polar surface area (TPSA) is 53.3 Å². The smallest absolute Gasteiger partial charge is 0.170 e. The molecule has 0 spiro atoms. The second kappa shape index (κ2) is 4.64. The standard InChI is InChI=1S/C12H11ClN2O2/c1-17-12-3-2-9(4-10(12)13)15-6-8(5-14)11(16)7-15/h2-4,8H,6-7H2,1H3/t8-/m0/s1. The maximum absolute atomic E-state index is 11.5. The first-order valence-electron chi connectivity index (χ1n) is 5.16. The molecule has 4 nitrogen and oxygen atoms in total. The van der Waals surface area contributed by atoms with Crippen molar-refractivity contribution >= 4 is 23.1 Å². The second-order valence-corrected chi connectivity index (χ2v) is 4.25. The minimum Gasteiger partial charge on any atom is -0.495 e. The van der Waals surface area contributed by atoms with Crippen LogP contribution in [0.15, 0.2) is 18.2 Å². The van der Waals surface area contributed by atoms with Gasteiger partial charge < -0.3 is 9.64 Å². The van der Waals surface area contributed by atoms with Crippen LogP contribution in [-0.2, 0) is 4.79 Å². The molecule has 0 unspecified atom stereocenters.